The van der Waals surface area contributed by atoms with Crippen molar-refractivity contribution in [3.63, 3.8) is 0 Å². The van der Waals surface area contributed by atoms with E-state index in [9.17, 15) is 70.9 Å². The van der Waals surface area contributed by atoms with E-state index >= 15 is 0 Å². The van der Waals surface area contributed by atoms with Crippen LogP contribution in [-0.4, -0.2) is 115 Å². The van der Waals surface area contributed by atoms with Crippen LogP contribution in [0.5, 0.6) is 11.5 Å². The molecule has 2 aromatic carbocycles. The van der Waals surface area contributed by atoms with Crippen LogP contribution >= 0.6 is 15.8 Å². The van der Waals surface area contributed by atoms with Crippen LogP contribution in [0.4, 0.5) is 30.7 Å². The third-order valence-electron chi connectivity index (χ3n) is 11.2. The maximum absolute atomic E-state index is 12.8. The topological polar surface area (TPSA) is 224 Å². The minimum Gasteiger partial charge on any atom is -1.00 e. The number of benzene rings is 2. The average molecular weight is 1180 g/mol. The smallest absolute Gasteiger partial charge is 1.00 e. The van der Waals surface area contributed by atoms with Crippen LogP contribution in [0.25, 0.3) is 0 Å². The van der Waals surface area contributed by atoms with Crippen molar-refractivity contribution in [3.8, 4) is 11.5 Å². The van der Waals surface area contributed by atoms with E-state index in [2.05, 4.69) is 22.7 Å². The van der Waals surface area contributed by atoms with E-state index in [0.717, 1.165) is 43.5 Å². The number of fused-ring (bicyclic) bond motifs is 1. The summed E-state index contributed by atoms with van der Waals surface area (Å²) in [4.78, 5) is 20.4. The Hall–Kier alpha value is -1.91. The molecule has 8 N–H and O–H groups in total. The molecule has 3 aliphatic rings. The number of aliphatic hydroxyl groups is 6. The van der Waals surface area contributed by atoms with Gasteiger partial charge in [-0.1, -0.05) is 68.4 Å². The predicted molar refractivity (Wildman–Crippen MR) is 244 cm³/mol. The number of aliphatic carboxylic acids is 2. The second-order valence-corrected chi connectivity index (χ2v) is 16.9. The van der Waals surface area contributed by atoms with Crippen LogP contribution in [0.2, 0.25) is 0 Å². The zero-order valence-corrected chi connectivity index (χ0v) is 45.5. The van der Waals surface area contributed by atoms with Gasteiger partial charge in [-0.3, -0.25) is 9.59 Å². The Kier molecular flexibility index (Phi) is 35.2. The Bertz CT molecular complexity index is 1900. The molecule has 396 valence electrons. The molecule has 0 bridgehead atoms. The summed E-state index contributed by atoms with van der Waals surface area (Å²) in [7, 11) is 0. The largest absolute Gasteiger partial charge is 1.00 e. The number of aliphatic hydroxyl groups excluding tert-OH is 6. The van der Waals surface area contributed by atoms with E-state index in [4.69, 9.17) is 24.4 Å². The maximum atomic E-state index is 12.8. The number of rotatable bonds is 20. The minimum atomic E-state index is -4.49. The number of carboxylic acid groups (broad SMARTS) is 2. The molecule has 2 saturated carbocycles. The van der Waals surface area contributed by atoms with Gasteiger partial charge in [-0.2, -0.15) is 26.3 Å². The molecule has 1 aliphatic heterocycles. The number of halogens is 9. The maximum Gasteiger partial charge on any atom is 1.00 e. The normalized spacial score (nSPS) is 24.5. The van der Waals surface area contributed by atoms with Crippen LogP contribution in [0.15, 0.2) is 85.0 Å². The number of unbranched alkanes of at least 4 members (excludes halogenated alkanes) is 3. The second-order valence-electron chi connectivity index (χ2n) is 16.5. The molecule has 3 fully saturated rings. The Labute approximate surface area is 471 Å². The molecule has 13 nitrogen and oxygen atoms in total. The number of hydrogen-bond donors (Lipinski definition) is 8. The van der Waals surface area contributed by atoms with Crippen molar-refractivity contribution < 1.29 is 164 Å². The predicted octanol–water partition coefficient (Wildman–Crippen LogP) is 2.21. The standard InChI is InChI=1S/C23H29F3O6.C18H21F3O5.C6H12O2.BBrF.BrH.K/c24-23(25,26)15-6-5-7-17(12-15)32-14-16(27)10-11-19-18(20(28)13-21(19)29)8-3-1-2-4-9-22(30)31;19-18(20,21)10-2-1-3-12(6-10)25-9-11(22)4-5-13-14-7-17(24)26-16(14)8-15(13)23;1-2-3-4-5-6(7)8;2-1-3;;/h1,3,5-7,10-12,16,18-21,27-29H,2,4,8-9,13-14H2,(H,30,31);1-6,11,13-17,22-24H,7-9H2;2-5H2,1H3,(H,7,8);;1H;/q;;;-1;;+1/p-1/b3-1-,11-10+;5-4+;;;;/t16-,18-,19-,20+,21-;11-,13-,14-,15-,16?,17?;;;;/m11..../s1. The van der Waals surface area contributed by atoms with Gasteiger partial charge in [0.2, 0.25) is 0 Å². The molecular formula is C47H62BBr2F7KO13-. The zero-order chi connectivity index (χ0) is 51.7. The number of hydrogen-bond acceptors (Lipinski definition) is 11. The summed E-state index contributed by atoms with van der Waals surface area (Å²) in [6.45, 7) is 1.58. The van der Waals surface area contributed by atoms with E-state index in [1.165, 1.54) is 36.4 Å². The van der Waals surface area contributed by atoms with Crippen LogP contribution in [0.3, 0.4) is 0 Å². The van der Waals surface area contributed by atoms with Crippen molar-refractivity contribution >= 4 is 34.1 Å². The van der Waals surface area contributed by atoms with Crippen LogP contribution < -0.4 is 77.8 Å². The van der Waals surface area contributed by atoms with Gasteiger partial charge in [0.15, 0.2) is 6.29 Å². The molecule has 2 aromatic rings. The number of ether oxygens (including phenoxy) is 3. The Morgan fingerprint density at radius 3 is 1.72 bits per heavy atom. The van der Waals surface area contributed by atoms with E-state index in [0.29, 0.717) is 44.9 Å². The molecule has 2 radical (unpaired) electrons. The fraction of sp³-hybridized carbons (Fsp3) is 0.574. The van der Waals surface area contributed by atoms with Gasteiger partial charge < -0.3 is 92.1 Å². The molecule has 2 unspecified atom stereocenters. The molecule has 1 heterocycles. The number of alkyl halides is 6. The third-order valence-corrected chi connectivity index (χ3v) is 11.2. The molecule has 0 aromatic heterocycles. The molecule has 11 atom stereocenters. The molecule has 24 heteroatoms. The third kappa shape index (κ3) is 27.5. The minimum absolute atomic E-state index is 0. The fourth-order valence-corrected chi connectivity index (χ4v) is 7.82. The quantitative estimate of drug-likeness (QED) is 0.0413. The first-order valence-electron chi connectivity index (χ1n) is 22.3. The summed E-state index contributed by atoms with van der Waals surface area (Å²) in [6.07, 6.45) is 1.88. The van der Waals surface area contributed by atoms with E-state index in [-0.39, 0.29) is 130 Å². The summed E-state index contributed by atoms with van der Waals surface area (Å²) >= 11 is 2.35. The van der Waals surface area contributed by atoms with E-state index in [1.54, 1.807) is 12.2 Å². The van der Waals surface area contributed by atoms with Crippen LogP contribution in [0, 0.1) is 23.7 Å². The van der Waals surface area contributed by atoms with E-state index in [1.807, 2.05) is 12.2 Å². The second kappa shape index (κ2) is 36.1. The summed E-state index contributed by atoms with van der Waals surface area (Å²) in [6, 6.07) is 8.80. The molecule has 71 heavy (non-hydrogen) atoms. The molecule has 5 rings (SSSR count). The van der Waals surface area contributed by atoms with E-state index < -0.39 is 78.1 Å². The first kappa shape index (κ1) is 69.1. The van der Waals surface area contributed by atoms with Crippen molar-refractivity contribution in [2.45, 2.75) is 133 Å². The summed E-state index contributed by atoms with van der Waals surface area (Å²) in [5, 5.41) is 76.9. The first-order chi connectivity index (χ1) is 32.5. The summed E-state index contributed by atoms with van der Waals surface area (Å²) in [5.41, 5.74) is -1.66. The monoisotopic (exact) mass is 1180 g/mol. The molecule has 1 saturated heterocycles. The molecule has 0 spiro atoms. The summed E-state index contributed by atoms with van der Waals surface area (Å²) < 4.78 is 102. The Morgan fingerprint density at radius 1 is 0.761 bits per heavy atom. The van der Waals surface area contributed by atoms with Gasteiger partial charge in [0.05, 0.1) is 35.5 Å². The average Bonchev–Trinajstić information content (AvgIpc) is 3.87. The van der Waals surface area contributed by atoms with Crippen molar-refractivity contribution in [1.29, 1.82) is 0 Å². The molecule has 0 amide bonds. The molecular weight excluding hydrogens is 1120 g/mol. The van der Waals surface area contributed by atoms with Gasteiger partial charge in [-0.25, -0.2) is 0 Å². The van der Waals surface area contributed by atoms with Crippen molar-refractivity contribution in [2.75, 3.05) is 13.2 Å². The van der Waals surface area contributed by atoms with Gasteiger partial charge in [0.25, 0.3) is 0 Å². The Balaban J connectivity index is 0.00000113. The van der Waals surface area contributed by atoms with Crippen LogP contribution in [-0.2, 0) is 26.7 Å². The van der Waals surface area contributed by atoms with Gasteiger partial charge in [0, 0.05) is 43.9 Å². The van der Waals surface area contributed by atoms with Gasteiger partial charge >= 0.3 is 75.7 Å². The number of allylic oxidation sites excluding steroid dienone is 2. The van der Waals surface area contributed by atoms with Crippen molar-refractivity contribution in [3.05, 3.63) is 96.1 Å². The van der Waals surface area contributed by atoms with Gasteiger partial charge in [-0.05, 0) is 80.3 Å². The summed E-state index contributed by atoms with van der Waals surface area (Å²) in [5.74, 6) is -2.49. The van der Waals surface area contributed by atoms with Crippen molar-refractivity contribution in [2.24, 2.45) is 23.7 Å². The fourth-order valence-electron chi connectivity index (χ4n) is 7.82. The Morgan fingerprint density at radius 2 is 1.24 bits per heavy atom. The first-order valence-corrected chi connectivity index (χ1v) is 23.2. The zero-order valence-electron chi connectivity index (χ0n) is 39.2. The van der Waals surface area contributed by atoms with Gasteiger partial charge in [0.1, 0.15) is 36.9 Å². The van der Waals surface area contributed by atoms with Crippen LogP contribution in [0.1, 0.15) is 88.7 Å². The van der Waals surface area contributed by atoms with Crippen molar-refractivity contribution in [1.82, 2.24) is 0 Å². The molecule has 2 aliphatic carbocycles. The number of carboxylic acids is 2. The SMILES string of the molecule is CCCCCC(=O)O.F[B-]Br.O=C(O)CCC/C=C\C[C@@H]1[C@@H](/C=C/[C@@H](O)COc2cccc(C(F)(F)F)c2)[C@H](O)C[C@@H]1O.OC1C[C@H]2C(C[C@@H](O)[C@@H]2/C=C/[C@@H](O)COc2cccc(C(F)(F)F)c2)O1.[Br-].[K+]. The number of carbonyl (C=O) groups is 2. The van der Waals surface area contributed by atoms with Gasteiger partial charge in [-0.15, -0.1) is 0 Å².